The highest BCUT2D eigenvalue weighted by Crippen LogP contribution is 2.59. The van der Waals surface area contributed by atoms with E-state index in [1.165, 1.54) is 56.7 Å². The average Bonchev–Trinajstić information content (AvgIpc) is 3.06. The molecule has 2 aromatic rings. The first-order valence-electron chi connectivity index (χ1n) is 10.3. The zero-order chi connectivity index (χ0) is 21.1. The smallest absolute Gasteiger partial charge is 0.351 e. The fraction of sp³-hybridized carbons (Fsp3) is 0.545. The number of nitrogens with zero attached hydrogens (tertiary/aromatic N) is 1. The van der Waals surface area contributed by atoms with Gasteiger partial charge in [-0.25, -0.2) is 4.98 Å². The van der Waals surface area contributed by atoms with Crippen molar-refractivity contribution in [3.05, 3.63) is 39.9 Å². The molecule has 4 aliphatic rings. The Kier molecular flexibility index (Phi) is 4.89. The van der Waals surface area contributed by atoms with E-state index in [9.17, 15) is 18.0 Å². The highest BCUT2D eigenvalue weighted by Gasteiger charge is 2.50. The van der Waals surface area contributed by atoms with E-state index in [2.05, 4.69) is 10.3 Å². The summed E-state index contributed by atoms with van der Waals surface area (Å²) in [4.78, 5) is 17.1. The molecule has 0 atom stereocenters. The molecule has 1 amide bonds. The lowest BCUT2D eigenvalue weighted by Gasteiger charge is -2.56. The van der Waals surface area contributed by atoms with Gasteiger partial charge in [-0.05, 0) is 67.8 Å². The summed E-state index contributed by atoms with van der Waals surface area (Å²) in [5, 5.41) is 3.09. The van der Waals surface area contributed by atoms with Crippen molar-refractivity contribution in [3.63, 3.8) is 0 Å². The Morgan fingerprint density at radius 3 is 2.33 bits per heavy atom. The molecule has 4 bridgehead atoms. The minimum Gasteiger partial charge on any atom is -0.351 e. The van der Waals surface area contributed by atoms with Crippen LogP contribution in [0.25, 0.3) is 10.6 Å². The first-order valence-corrected chi connectivity index (χ1v) is 11.5. The van der Waals surface area contributed by atoms with Gasteiger partial charge in [-0.1, -0.05) is 29.8 Å². The lowest BCUT2D eigenvalue weighted by molar-refractivity contribution is -0.137. The maximum atomic E-state index is 13.3. The molecule has 6 rings (SSSR count). The summed E-state index contributed by atoms with van der Waals surface area (Å²) in [6, 6.07) is 5.22. The SMILES string of the molecule is O=C(NCC12CC3CC(CC(C3)C1)C2)c1sc(-c2ccccc2C(F)(F)F)nc1Cl. The molecule has 1 aromatic heterocycles. The highest BCUT2D eigenvalue weighted by atomic mass is 35.5. The van der Waals surface area contributed by atoms with Crippen molar-refractivity contribution < 1.29 is 18.0 Å². The third-order valence-corrected chi connectivity index (χ3v) is 8.52. The van der Waals surface area contributed by atoms with Gasteiger partial charge in [-0.15, -0.1) is 11.3 Å². The number of halogens is 4. The number of amides is 1. The summed E-state index contributed by atoms with van der Waals surface area (Å²) < 4.78 is 40.0. The molecular weight excluding hydrogens is 433 g/mol. The largest absolute Gasteiger partial charge is 0.417 e. The second kappa shape index (κ2) is 7.23. The van der Waals surface area contributed by atoms with Gasteiger partial charge in [-0.3, -0.25) is 4.79 Å². The Bertz CT molecular complexity index is 952. The van der Waals surface area contributed by atoms with Crippen LogP contribution in [0.5, 0.6) is 0 Å². The average molecular weight is 455 g/mol. The van der Waals surface area contributed by atoms with Crippen molar-refractivity contribution in [1.29, 1.82) is 0 Å². The summed E-state index contributed by atoms with van der Waals surface area (Å²) >= 11 is 7.08. The molecule has 4 saturated carbocycles. The van der Waals surface area contributed by atoms with Gasteiger partial charge in [0.25, 0.3) is 5.91 Å². The fourth-order valence-corrected chi connectivity index (χ4v) is 7.58. The Morgan fingerprint density at radius 1 is 1.13 bits per heavy atom. The minimum absolute atomic E-state index is 0.0463. The molecule has 0 spiro atoms. The molecule has 1 aromatic carbocycles. The van der Waals surface area contributed by atoms with Crippen LogP contribution in [-0.4, -0.2) is 17.4 Å². The Morgan fingerprint density at radius 2 is 1.73 bits per heavy atom. The summed E-state index contributed by atoms with van der Waals surface area (Å²) in [5.41, 5.74) is -0.666. The number of aromatic nitrogens is 1. The van der Waals surface area contributed by atoms with Crippen LogP contribution in [-0.2, 0) is 6.18 Å². The summed E-state index contributed by atoms with van der Waals surface area (Å²) in [6.07, 6.45) is 2.98. The molecule has 30 heavy (non-hydrogen) atoms. The van der Waals surface area contributed by atoms with Gasteiger partial charge in [0.2, 0.25) is 0 Å². The lowest BCUT2D eigenvalue weighted by atomic mass is 9.49. The Labute approximate surface area is 182 Å². The Hall–Kier alpha value is -1.60. The van der Waals surface area contributed by atoms with E-state index in [0.717, 1.165) is 35.2 Å². The Balaban J connectivity index is 1.34. The van der Waals surface area contributed by atoms with Crippen molar-refractivity contribution in [2.45, 2.75) is 44.7 Å². The molecule has 0 saturated heterocycles. The number of hydrogen-bond donors (Lipinski definition) is 1. The summed E-state index contributed by atoms with van der Waals surface area (Å²) in [7, 11) is 0. The van der Waals surface area contributed by atoms with Crippen molar-refractivity contribution in [3.8, 4) is 10.6 Å². The second-order valence-electron chi connectivity index (χ2n) is 9.28. The molecule has 4 fully saturated rings. The van der Waals surface area contributed by atoms with Gasteiger partial charge >= 0.3 is 6.18 Å². The van der Waals surface area contributed by atoms with Crippen LogP contribution in [0.15, 0.2) is 24.3 Å². The van der Waals surface area contributed by atoms with Crippen LogP contribution in [0.1, 0.15) is 53.8 Å². The normalized spacial score (nSPS) is 29.9. The van der Waals surface area contributed by atoms with E-state index in [1.807, 2.05) is 0 Å². The summed E-state index contributed by atoms with van der Waals surface area (Å²) in [5.74, 6) is 2.01. The van der Waals surface area contributed by atoms with Gasteiger partial charge in [0.15, 0.2) is 5.15 Å². The molecule has 1 heterocycles. The minimum atomic E-state index is -4.50. The van der Waals surface area contributed by atoms with Gasteiger partial charge in [0.1, 0.15) is 9.88 Å². The second-order valence-corrected chi connectivity index (χ2v) is 10.6. The quantitative estimate of drug-likeness (QED) is 0.578. The van der Waals surface area contributed by atoms with Crippen LogP contribution in [0.4, 0.5) is 13.2 Å². The number of thiazole rings is 1. The molecule has 4 aliphatic carbocycles. The predicted molar refractivity (Wildman–Crippen MR) is 111 cm³/mol. The third kappa shape index (κ3) is 3.64. The van der Waals surface area contributed by atoms with Gasteiger partial charge in [-0.2, -0.15) is 13.2 Å². The van der Waals surface area contributed by atoms with E-state index in [4.69, 9.17) is 11.6 Å². The number of hydrogen-bond acceptors (Lipinski definition) is 3. The van der Waals surface area contributed by atoms with Gasteiger partial charge in [0.05, 0.1) is 5.56 Å². The molecule has 0 unspecified atom stereocenters. The van der Waals surface area contributed by atoms with Crippen LogP contribution in [0, 0.1) is 23.2 Å². The third-order valence-electron chi connectivity index (χ3n) is 7.04. The van der Waals surface area contributed by atoms with E-state index in [1.54, 1.807) is 0 Å². The van der Waals surface area contributed by atoms with Crippen LogP contribution < -0.4 is 5.32 Å². The number of carbonyl (C=O) groups is 1. The van der Waals surface area contributed by atoms with Crippen LogP contribution >= 0.6 is 22.9 Å². The van der Waals surface area contributed by atoms with Crippen molar-refractivity contribution >= 4 is 28.8 Å². The number of carbonyl (C=O) groups excluding carboxylic acids is 1. The topological polar surface area (TPSA) is 42.0 Å². The number of nitrogens with one attached hydrogen (secondary N) is 1. The van der Waals surface area contributed by atoms with E-state index >= 15 is 0 Å². The van der Waals surface area contributed by atoms with E-state index in [-0.39, 0.29) is 31.9 Å². The molecule has 1 N–H and O–H groups in total. The molecule has 160 valence electrons. The highest BCUT2D eigenvalue weighted by molar-refractivity contribution is 7.17. The van der Waals surface area contributed by atoms with Crippen molar-refractivity contribution in [2.75, 3.05) is 6.54 Å². The first kappa shape index (κ1) is 20.3. The molecule has 0 aliphatic heterocycles. The zero-order valence-electron chi connectivity index (χ0n) is 16.3. The molecule has 8 heteroatoms. The van der Waals surface area contributed by atoms with E-state index in [0.29, 0.717) is 6.54 Å². The molecule has 0 radical (unpaired) electrons. The summed E-state index contributed by atoms with van der Waals surface area (Å²) in [6.45, 7) is 0.609. The maximum Gasteiger partial charge on any atom is 0.417 e. The van der Waals surface area contributed by atoms with Crippen molar-refractivity contribution in [2.24, 2.45) is 23.2 Å². The first-order chi connectivity index (χ1) is 14.2. The predicted octanol–water partition coefficient (Wildman–Crippen LogP) is 6.43. The number of alkyl halides is 3. The standard InChI is InChI=1S/C22H22ClF3N2OS/c23-18-17(30-20(28-18)15-3-1-2-4-16(15)22(24,25)26)19(29)27-11-21-8-12-5-13(9-21)7-14(6-12)10-21/h1-4,12-14H,5-11H2,(H,27,29). The lowest BCUT2D eigenvalue weighted by Crippen LogP contribution is -2.51. The number of rotatable bonds is 4. The van der Waals surface area contributed by atoms with E-state index < -0.39 is 11.7 Å². The molecular formula is C22H22ClF3N2OS. The molecule has 3 nitrogen and oxygen atoms in total. The monoisotopic (exact) mass is 454 g/mol. The number of benzene rings is 1. The maximum absolute atomic E-state index is 13.3. The van der Waals surface area contributed by atoms with Crippen LogP contribution in [0.2, 0.25) is 5.15 Å². The fourth-order valence-electron chi connectivity index (χ4n) is 6.33. The van der Waals surface area contributed by atoms with Crippen molar-refractivity contribution in [1.82, 2.24) is 10.3 Å². The van der Waals surface area contributed by atoms with Gasteiger partial charge < -0.3 is 5.32 Å². The zero-order valence-corrected chi connectivity index (χ0v) is 17.8. The van der Waals surface area contributed by atoms with Gasteiger partial charge in [0, 0.05) is 12.1 Å². The van der Waals surface area contributed by atoms with Crippen LogP contribution in [0.3, 0.4) is 0 Å².